The van der Waals surface area contributed by atoms with Gasteiger partial charge >= 0.3 is 0 Å². The average Bonchev–Trinajstić information content (AvgIpc) is 2.29. The molecule has 3 N–H and O–H groups in total. The van der Waals surface area contributed by atoms with Gasteiger partial charge in [-0.25, -0.2) is 0 Å². The molecular formula is C13H16ClN3O2. The molecule has 0 atom stereocenters. The molecule has 0 spiro atoms. The van der Waals surface area contributed by atoms with Gasteiger partial charge in [0, 0.05) is 5.69 Å². The van der Waals surface area contributed by atoms with Crippen molar-refractivity contribution in [3.05, 3.63) is 22.7 Å². The number of hydrogen-bond acceptors (Lipinski definition) is 4. The van der Waals surface area contributed by atoms with Crippen LogP contribution in [0.3, 0.4) is 0 Å². The Morgan fingerprint density at radius 2 is 2.00 bits per heavy atom. The first-order chi connectivity index (χ1) is 8.73. The molecule has 5 nitrogen and oxygen atoms in total. The van der Waals surface area contributed by atoms with Crippen LogP contribution in [0.2, 0.25) is 5.02 Å². The number of hydrogen-bond donors (Lipinski definition) is 2. The summed E-state index contributed by atoms with van der Waals surface area (Å²) >= 11 is 6.03. The van der Waals surface area contributed by atoms with Crippen LogP contribution in [0.5, 0.6) is 0 Å². The van der Waals surface area contributed by atoms with Gasteiger partial charge in [0.1, 0.15) is 5.54 Å². The number of carbonyl (C=O) groups excluding carboxylic acids is 2. The number of nitrogens with one attached hydrogen (secondary N) is 1. The molecule has 1 aliphatic heterocycles. The quantitative estimate of drug-likeness (QED) is 0.604. The van der Waals surface area contributed by atoms with E-state index in [4.69, 9.17) is 17.3 Å². The SMILES string of the molecule is Cc1cc(N)c(Cl)cc1N1CC(=O)NC(=O)C1(C)C. The number of carbonyl (C=O) groups is 2. The minimum absolute atomic E-state index is 0.111. The zero-order valence-electron chi connectivity index (χ0n) is 11.1. The zero-order valence-corrected chi connectivity index (χ0v) is 11.8. The third-order valence-corrected chi connectivity index (χ3v) is 3.72. The van der Waals surface area contributed by atoms with Crippen LogP contribution in [0, 0.1) is 6.92 Å². The summed E-state index contributed by atoms with van der Waals surface area (Å²) in [5.41, 5.74) is 7.02. The van der Waals surface area contributed by atoms with Gasteiger partial charge in [-0.2, -0.15) is 0 Å². The van der Waals surface area contributed by atoms with Crippen molar-refractivity contribution >= 4 is 34.8 Å². The highest BCUT2D eigenvalue weighted by atomic mass is 35.5. The zero-order chi connectivity index (χ0) is 14.4. The van der Waals surface area contributed by atoms with Crippen molar-refractivity contribution in [2.24, 2.45) is 0 Å². The maximum atomic E-state index is 11.9. The van der Waals surface area contributed by atoms with E-state index in [0.717, 1.165) is 11.3 Å². The van der Waals surface area contributed by atoms with E-state index >= 15 is 0 Å². The van der Waals surface area contributed by atoms with Gasteiger partial charge < -0.3 is 10.6 Å². The van der Waals surface area contributed by atoms with Gasteiger partial charge in [0.2, 0.25) is 5.91 Å². The first-order valence-corrected chi connectivity index (χ1v) is 6.29. The molecule has 0 saturated carbocycles. The molecule has 6 heteroatoms. The Morgan fingerprint density at radius 1 is 1.37 bits per heavy atom. The van der Waals surface area contributed by atoms with Crippen molar-refractivity contribution in [1.82, 2.24) is 5.32 Å². The summed E-state index contributed by atoms with van der Waals surface area (Å²) in [4.78, 5) is 25.3. The summed E-state index contributed by atoms with van der Waals surface area (Å²) in [5, 5.41) is 2.75. The topological polar surface area (TPSA) is 75.4 Å². The molecule has 0 unspecified atom stereocenters. The molecule has 1 aliphatic rings. The van der Waals surface area contributed by atoms with E-state index in [1.807, 2.05) is 6.92 Å². The monoisotopic (exact) mass is 281 g/mol. The lowest BCUT2D eigenvalue weighted by Gasteiger charge is -2.42. The van der Waals surface area contributed by atoms with Crippen molar-refractivity contribution in [2.75, 3.05) is 17.2 Å². The van der Waals surface area contributed by atoms with Gasteiger partial charge in [0.15, 0.2) is 0 Å². The Labute approximate surface area is 116 Å². The molecule has 19 heavy (non-hydrogen) atoms. The minimum atomic E-state index is -0.821. The van der Waals surface area contributed by atoms with Gasteiger partial charge in [-0.15, -0.1) is 0 Å². The maximum absolute atomic E-state index is 11.9. The fourth-order valence-electron chi connectivity index (χ4n) is 2.15. The highest BCUT2D eigenvalue weighted by molar-refractivity contribution is 6.33. The van der Waals surface area contributed by atoms with Crippen LogP contribution in [0.1, 0.15) is 19.4 Å². The molecule has 1 fully saturated rings. The predicted molar refractivity (Wildman–Crippen MR) is 75.2 cm³/mol. The van der Waals surface area contributed by atoms with Crippen LogP contribution in [0.15, 0.2) is 12.1 Å². The van der Waals surface area contributed by atoms with Crippen LogP contribution in [-0.2, 0) is 9.59 Å². The smallest absolute Gasteiger partial charge is 0.251 e. The third kappa shape index (κ3) is 2.26. The summed E-state index contributed by atoms with van der Waals surface area (Å²) < 4.78 is 0. The van der Waals surface area contributed by atoms with Crippen molar-refractivity contribution in [3.8, 4) is 0 Å². The molecule has 0 aliphatic carbocycles. The van der Waals surface area contributed by atoms with Crippen LogP contribution in [-0.4, -0.2) is 23.9 Å². The van der Waals surface area contributed by atoms with Gasteiger partial charge in [-0.3, -0.25) is 14.9 Å². The van der Waals surface area contributed by atoms with Crippen molar-refractivity contribution < 1.29 is 9.59 Å². The molecule has 1 aromatic rings. The van der Waals surface area contributed by atoms with E-state index in [-0.39, 0.29) is 18.4 Å². The van der Waals surface area contributed by atoms with E-state index in [2.05, 4.69) is 5.32 Å². The molecule has 2 amide bonds. The fourth-order valence-corrected chi connectivity index (χ4v) is 2.31. The van der Waals surface area contributed by atoms with Crippen LogP contribution in [0.4, 0.5) is 11.4 Å². The summed E-state index contributed by atoms with van der Waals surface area (Å²) in [6.07, 6.45) is 0. The Kier molecular flexibility index (Phi) is 3.18. The number of halogens is 1. The van der Waals surface area contributed by atoms with Gasteiger partial charge in [-0.1, -0.05) is 11.6 Å². The largest absolute Gasteiger partial charge is 0.398 e. The van der Waals surface area contributed by atoms with E-state index < -0.39 is 5.54 Å². The number of nitrogens with two attached hydrogens (primary N) is 1. The maximum Gasteiger partial charge on any atom is 0.251 e. The summed E-state index contributed by atoms with van der Waals surface area (Å²) in [5.74, 6) is -0.646. The number of anilines is 2. The number of benzene rings is 1. The molecule has 102 valence electrons. The Bertz CT molecular complexity index is 569. The van der Waals surface area contributed by atoms with E-state index in [0.29, 0.717) is 10.7 Å². The molecule has 0 aromatic heterocycles. The van der Waals surface area contributed by atoms with Crippen LogP contribution < -0.4 is 16.0 Å². The molecule has 0 radical (unpaired) electrons. The predicted octanol–water partition coefficient (Wildman–Crippen LogP) is 1.47. The second kappa shape index (κ2) is 4.42. The normalized spacial score (nSPS) is 18.4. The Balaban J connectivity index is 2.53. The molecule has 2 rings (SSSR count). The fraction of sp³-hybridized carbons (Fsp3) is 0.385. The van der Waals surface area contributed by atoms with Crippen LogP contribution in [0.25, 0.3) is 0 Å². The first kappa shape index (κ1) is 13.7. The lowest BCUT2D eigenvalue weighted by atomic mass is 9.96. The van der Waals surface area contributed by atoms with Crippen molar-refractivity contribution in [2.45, 2.75) is 26.3 Å². The molecule has 1 heterocycles. The Morgan fingerprint density at radius 3 is 2.63 bits per heavy atom. The van der Waals surface area contributed by atoms with Crippen molar-refractivity contribution in [1.29, 1.82) is 0 Å². The second-order valence-electron chi connectivity index (χ2n) is 5.18. The minimum Gasteiger partial charge on any atom is -0.398 e. The van der Waals surface area contributed by atoms with Gasteiger partial charge in [0.05, 0.1) is 17.3 Å². The number of rotatable bonds is 1. The summed E-state index contributed by atoms with van der Waals surface area (Å²) in [7, 11) is 0. The number of amides is 2. The van der Waals surface area contributed by atoms with E-state index in [1.54, 1.807) is 30.9 Å². The molecule has 1 saturated heterocycles. The van der Waals surface area contributed by atoms with Gasteiger partial charge in [0.25, 0.3) is 5.91 Å². The molecule has 0 bridgehead atoms. The van der Waals surface area contributed by atoms with Crippen LogP contribution >= 0.6 is 11.6 Å². The second-order valence-corrected chi connectivity index (χ2v) is 5.59. The number of imide groups is 1. The lowest BCUT2D eigenvalue weighted by molar-refractivity contribution is -0.135. The van der Waals surface area contributed by atoms with Crippen molar-refractivity contribution in [3.63, 3.8) is 0 Å². The third-order valence-electron chi connectivity index (χ3n) is 3.39. The highest BCUT2D eigenvalue weighted by Crippen LogP contribution is 2.34. The Hall–Kier alpha value is -1.75. The molecule has 1 aromatic carbocycles. The number of nitrogens with zero attached hydrogens (tertiary/aromatic N) is 1. The number of aryl methyl sites for hydroxylation is 1. The highest BCUT2D eigenvalue weighted by Gasteiger charge is 2.41. The standard InChI is InChI=1S/C13H16ClN3O2/c1-7-4-9(15)8(14)5-10(7)17-6-11(18)16-12(19)13(17,2)3/h4-5H,6,15H2,1-3H3,(H,16,18,19). The van der Waals surface area contributed by atoms with E-state index in [1.165, 1.54) is 0 Å². The summed E-state index contributed by atoms with van der Waals surface area (Å²) in [6.45, 7) is 5.51. The number of nitrogen functional groups attached to an aromatic ring is 1. The summed E-state index contributed by atoms with van der Waals surface area (Å²) in [6, 6.07) is 3.44. The average molecular weight is 282 g/mol. The van der Waals surface area contributed by atoms with Gasteiger partial charge in [-0.05, 0) is 38.5 Å². The molecular weight excluding hydrogens is 266 g/mol. The van der Waals surface area contributed by atoms with E-state index in [9.17, 15) is 9.59 Å². The number of piperazine rings is 1. The lowest BCUT2D eigenvalue weighted by Crippen LogP contribution is -2.64. The first-order valence-electron chi connectivity index (χ1n) is 5.91.